The van der Waals surface area contributed by atoms with Gasteiger partial charge in [0, 0.05) is 42.8 Å². The number of halogens is 3. The van der Waals surface area contributed by atoms with Crippen LogP contribution < -0.4 is 0 Å². The first-order valence-corrected chi connectivity index (χ1v) is 9.10. The average Bonchev–Trinajstić information content (AvgIpc) is 2.55. The number of benzene rings is 2. The zero-order chi connectivity index (χ0) is 17.2. The Morgan fingerprint density at radius 3 is 2.12 bits per heavy atom. The highest BCUT2D eigenvalue weighted by Crippen LogP contribution is 2.32. The van der Waals surface area contributed by atoms with Crippen molar-refractivity contribution in [2.24, 2.45) is 0 Å². The average molecular weight is 416 g/mol. The molecule has 0 N–H and O–H groups in total. The van der Waals surface area contributed by atoms with E-state index >= 15 is 0 Å². The summed E-state index contributed by atoms with van der Waals surface area (Å²) in [5.41, 5.74) is 2.90. The summed E-state index contributed by atoms with van der Waals surface area (Å²) in [6.45, 7) is 11.2. The Bertz CT molecular complexity index is 653. The Hall–Kier alpha value is -0.770. The molecule has 0 bridgehead atoms. The van der Waals surface area contributed by atoms with Crippen LogP contribution in [0.15, 0.2) is 54.6 Å². The number of nitrogens with zero attached hydrogens (tertiary/aromatic N) is 2. The van der Waals surface area contributed by atoms with E-state index in [0.29, 0.717) is 6.04 Å². The van der Waals surface area contributed by atoms with Crippen LogP contribution in [0, 0.1) is 0 Å². The molecular weight excluding hydrogens is 387 g/mol. The lowest BCUT2D eigenvalue weighted by Crippen LogP contribution is -2.54. The molecule has 1 unspecified atom stereocenters. The van der Waals surface area contributed by atoms with Crippen LogP contribution in [-0.4, -0.2) is 35.0 Å². The molecule has 2 nitrogen and oxygen atoms in total. The number of hydrogen-bond acceptors (Lipinski definition) is 2. The largest absolute Gasteiger partial charge is 0.296 e. The van der Waals surface area contributed by atoms with Crippen molar-refractivity contribution in [3.63, 3.8) is 0 Å². The molecule has 2 aromatic carbocycles. The SMILES string of the molecule is CC(C)(C)N1CCN(Cc2ccccc2)CC1c1ccc(Cl)cc1.Cl.Cl. The van der Waals surface area contributed by atoms with Gasteiger partial charge in [0.2, 0.25) is 0 Å². The first-order chi connectivity index (χ1) is 11.4. The van der Waals surface area contributed by atoms with Crippen molar-refractivity contribution in [1.82, 2.24) is 9.80 Å². The van der Waals surface area contributed by atoms with Gasteiger partial charge in [-0.2, -0.15) is 0 Å². The van der Waals surface area contributed by atoms with Gasteiger partial charge in [-0.1, -0.05) is 54.1 Å². The molecule has 0 spiro atoms. The second kappa shape index (κ2) is 9.96. The van der Waals surface area contributed by atoms with Gasteiger partial charge in [0.1, 0.15) is 0 Å². The van der Waals surface area contributed by atoms with Crippen LogP contribution in [0.2, 0.25) is 5.02 Å². The molecule has 1 heterocycles. The van der Waals surface area contributed by atoms with Crippen LogP contribution in [0.5, 0.6) is 0 Å². The summed E-state index contributed by atoms with van der Waals surface area (Å²) >= 11 is 6.09. The molecule has 0 amide bonds. The third-order valence-electron chi connectivity index (χ3n) is 4.83. The fourth-order valence-electron chi connectivity index (χ4n) is 3.60. The summed E-state index contributed by atoms with van der Waals surface area (Å²) in [7, 11) is 0. The van der Waals surface area contributed by atoms with Gasteiger partial charge in [0.25, 0.3) is 0 Å². The van der Waals surface area contributed by atoms with Gasteiger partial charge in [-0.05, 0) is 44.0 Å². The summed E-state index contributed by atoms with van der Waals surface area (Å²) in [6, 6.07) is 19.5. The van der Waals surface area contributed by atoms with Crippen molar-refractivity contribution in [3.05, 3.63) is 70.7 Å². The molecule has 144 valence electrons. The van der Waals surface area contributed by atoms with Gasteiger partial charge >= 0.3 is 0 Å². The lowest BCUT2D eigenvalue weighted by atomic mass is 9.95. The molecule has 0 saturated carbocycles. The molecule has 0 aliphatic carbocycles. The first-order valence-electron chi connectivity index (χ1n) is 8.72. The maximum Gasteiger partial charge on any atom is 0.0481 e. The minimum absolute atomic E-state index is 0. The van der Waals surface area contributed by atoms with Gasteiger partial charge in [-0.15, -0.1) is 24.8 Å². The monoisotopic (exact) mass is 414 g/mol. The number of rotatable bonds is 3. The van der Waals surface area contributed by atoms with E-state index in [1.807, 2.05) is 12.1 Å². The van der Waals surface area contributed by atoms with E-state index < -0.39 is 0 Å². The maximum atomic E-state index is 6.09. The van der Waals surface area contributed by atoms with Crippen molar-refractivity contribution in [3.8, 4) is 0 Å². The molecule has 0 radical (unpaired) electrons. The van der Waals surface area contributed by atoms with E-state index in [1.54, 1.807) is 0 Å². The fraction of sp³-hybridized carbons (Fsp3) is 0.429. The van der Waals surface area contributed by atoms with Crippen LogP contribution in [0.25, 0.3) is 0 Å². The Balaban J connectivity index is 0.00000169. The van der Waals surface area contributed by atoms with E-state index in [9.17, 15) is 0 Å². The quantitative estimate of drug-likeness (QED) is 0.621. The zero-order valence-corrected chi connectivity index (χ0v) is 18.1. The van der Waals surface area contributed by atoms with E-state index in [2.05, 4.69) is 73.0 Å². The topological polar surface area (TPSA) is 6.48 Å². The van der Waals surface area contributed by atoms with E-state index in [0.717, 1.165) is 31.2 Å². The highest BCUT2D eigenvalue weighted by Gasteiger charge is 2.34. The van der Waals surface area contributed by atoms with Gasteiger partial charge in [-0.25, -0.2) is 0 Å². The minimum Gasteiger partial charge on any atom is -0.296 e. The molecule has 1 aliphatic rings. The van der Waals surface area contributed by atoms with E-state index in [4.69, 9.17) is 11.6 Å². The van der Waals surface area contributed by atoms with Crippen LogP contribution in [-0.2, 0) is 6.54 Å². The Morgan fingerprint density at radius 2 is 1.54 bits per heavy atom. The third-order valence-corrected chi connectivity index (χ3v) is 5.08. The van der Waals surface area contributed by atoms with Gasteiger partial charge in [-0.3, -0.25) is 9.80 Å². The van der Waals surface area contributed by atoms with Crippen LogP contribution in [0.3, 0.4) is 0 Å². The van der Waals surface area contributed by atoms with E-state index in [1.165, 1.54) is 11.1 Å². The summed E-state index contributed by atoms with van der Waals surface area (Å²) in [5.74, 6) is 0. The van der Waals surface area contributed by atoms with Crippen molar-refractivity contribution >= 4 is 36.4 Å². The van der Waals surface area contributed by atoms with E-state index in [-0.39, 0.29) is 30.4 Å². The fourth-order valence-corrected chi connectivity index (χ4v) is 3.72. The lowest BCUT2D eigenvalue weighted by molar-refractivity contribution is 0.00598. The first kappa shape index (κ1) is 23.3. The van der Waals surface area contributed by atoms with Crippen LogP contribution >= 0.6 is 36.4 Å². The maximum absolute atomic E-state index is 6.09. The third kappa shape index (κ3) is 5.87. The second-order valence-corrected chi connectivity index (χ2v) is 8.09. The second-order valence-electron chi connectivity index (χ2n) is 7.65. The Morgan fingerprint density at radius 1 is 0.923 bits per heavy atom. The lowest BCUT2D eigenvalue weighted by Gasteiger charge is -2.48. The molecule has 1 saturated heterocycles. The molecule has 2 aromatic rings. The predicted octanol–water partition coefficient (Wildman–Crippen LogP) is 5.84. The normalized spacial score (nSPS) is 18.7. The Kier molecular flexibility index (Phi) is 8.92. The van der Waals surface area contributed by atoms with Gasteiger partial charge in [0.05, 0.1) is 0 Å². The van der Waals surface area contributed by atoms with Crippen molar-refractivity contribution in [2.45, 2.75) is 38.9 Å². The van der Waals surface area contributed by atoms with Crippen molar-refractivity contribution in [2.75, 3.05) is 19.6 Å². The molecular formula is C21H29Cl3N2. The summed E-state index contributed by atoms with van der Waals surface area (Å²) in [5, 5.41) is 0.804. The summed E-state index contributed by atoms with van der Waals surface area (Å²) < 4.78 is 0. The van der Waals surface area contributed by atoms with Crippen LogP contribution in [0.1, 0.15) is 37.9 Å². The summed E-state index contributed by atoms with van der Waals surface area (Å²) in [6.07, 6.45) is 0. The minimum atomic E-state index is 0. The number of piperazine rings is 1. The number of hydrogen-bond donors (Lipinski definition) is 0. The highest BCUT2D eigenvalue weighted by molar-refractivity contribution is 6.30. The molecule has 1 atom stereocenters. The highest BCUT2D eigenvalue weighted by atomic mass is 35.5. The van der Waals surface area contributed by atoms with Gasteiger partial charge in [0.15, 0.2) is 0 Å². The molecule has 26 heavy (non-hydrogen) atoms. The molecule has 0 aromatic heterocycles. The zero-order valence-electron chi connectivity index (χ0n) is 15.7. The molecule has 1 aliphatic heterocycles. The molecule has 5 heteroatoms. The standard InChI is InChI=1S/C21H27ClN2.2ClH/c1-21(2,3)24-14-13-23(15-17-7-5-4-6-8-17)16-20(24)18-9-11-19(22)12-10-18;;/h4-12,20H,13-16H2,1-3H3;2*1H. The Labute approximate surface area is 175 Å². The molecule has 1 fully saturated rings. The smallest absolute Gasteiger partial charge is 0.0481 e. The van der Waals surface area contributed by atoms with Crippen molar-refractivity contribution < 1.29 is 0 Å². The summed E-state index contributed by atoms with van der Waals surface area (Å²) in [4.78, 5) is 5.19. The van der Waals surface area contributed by atoms with Crippen molar-refractivity contribution in [1.29, 1.82) is 0 Å². The molecule has 3 rings (SSSR count). The predicted molar refractivity (Wildman–Crippen MR) is 117 cm³/mol. The van der Waals surface area contributed by atoms with Crippen LogP contribution in [0.4, 0.5) is 0 Å². The van der Waals surface area contributed by atoms with Gasteiger partial charge < -0.3 is 0 Å².